The van der Waals surface area contributed by atoms with Crippen LogP contribution in [0.15, 0.2) is 36.8 Å². The van der Waals surface area contributed by atoms with Gasteiger partial charge in [0.25, 0.3) is 0 Å². The zero-order chi connectivity index (χ0) is 12.1. The summed E-state index contributed by atoms with van der Waals surface area (Å²) in [5.74, 6) is 0.665. The Morgan fingerprint density at radius 3 is 2.82 bits per heavy atom. The summed E-state index contributed by atoms with van der Waals surface area (Å²) in [5, 5.41) is 3.31. The van der Waals surface area contributed by atoms with Gasteiger partial charge in [0.15, 0.2) is 0 Å². The molecule has 0 radical (unpaired) electrons. The van der Waals surface area contributed by atoms with E-state index in [1.807, 2.05) is 36.9 Å². The topological polar surface area (TPSA) is 39.1 Å². The van der Waals surface area contributed by atoms with Crippen LogP contribution in [0.1, 0.15) is 12.5 Å². The fourth-order valence-corrected chi connectivity index (χ4v) is 1.59. The van der Waals surface area contributed by atoms with Crippen molar-refractivity contribution in [1.29, 1.82) is 0 Å². The first kappa shape index (κ1) is 11.5. The van der Waals surface area contributed by atoms with E-state index in [0.717, 1.165) is 12.2 Å². The third-order valence-corrected chi connectivity index (χ3v) is 2.42. The van der Waals surface area contributed by atoms with Crippen molar-refractivity contribution in [1.82, 2.24) is 9.55 Å². The van der Waals surface area contributed by atoms with Gasteiger partial charge in [-0.1, -0.05) is 0 Å². The molecule has 4 heteroatoms. The van der Waals surface area contributed by atoms with E-state index in [0.29, 0.717) is 12.5 Å². The van der Waals surface area contributed by atoms with Crippen molar-refractivity contribution < 1.29 is 4.74 Å². The average Bonchev–Trinajstić information content (AvgIpc) is 2.75. The number of nitrogens with zero attached hydrogens (tertiary/aromatic N) is 2. The lowest BCUT2D eigenvalue weighted by Gasteiger charge is -2.06. The lowest BCUT2D eigenvalue weighted by atomic mass is 10.3. The Hall–Kier alpha value is -1.97. The Kier molecular flexibility index (Phi) is 3.65. The lowest BCUT2D eigenvalue weighted by molar-refractivity contribution is 0.327. The summed E-state index contributed by atoms with van der Waals surface area (Å²) in [4.78, 5) is 4.20. The number of aromatic nitrogens is 2. The van der Waals surface area contributed by atoms with Gasteiger partial charge in [0.1, 0.15) is 0 Å². The highest BCUT2D eigenvalue weighted by atomic mass is 16.5. The number of aryl methyl sites for hydroxylation is 1. The normalized spacial score (nSPS) is 10.2. The van der Waals surface area contributed by atoms with Crippen molar-refractivity contribution in [2.75, 3.05) is 11.9 Å². The standard InChI is InChI=1S/C13H17N3O/c1-3-17-13-5-4-12(9-15-13)14-8-11-6-7-16(2)10-11/h4-7,9-10,14H,3,8H2,1-2H3. The molecule has 2 heterocycles. The van der Waals surface area contributed by atoms with Crippen LogP contribution in [0.4, 0.5) is 5.69 Å². The second kappa shape index (κ2) is 5.39. The molecule has 4 nitrogen and oxygen atoms in total. The summed E-state index contributed by atoms with van der Waals surface area (Å²) >= 11 is 0. The SMILES string of the molecule is CCOc1ccc(NCc2ccn(C)c2)cn1. The third kappa shape index (κ3) is 3.24. The Labute approximate surface area is 101 Å². The van der Waals surface area contributed by atoms with Crippen LogP contribution < -0.4 is 10.1 Å². The van der Waals surface area contributed by atoms with Gasteiger partial charge in [0.2, 0.25) is 5.88 Å². The number of pyridine rings is 1. The summed E-state index contributed by atoms with van der Waals surface area (Å²) in [7, 11) is 2.02. The molecular formula is C13H17N3O. The molecule has 1 N–H and O–H groups in total. The van der Waals surface area contributed by atoms with E-state index in [2.05, 4.69) is 22.6 Å². The summed E-state index contributed by atoms with van der Waals surface area (Å²) in [5.41, 5.74) is 2.25. The van der Waals surface area contributed by atoms with Gasteiger partial charge in [-0.3, -0.25) is 0 Å². The molecule has 0 unspecified atom stereocenters. The number of rotatable bonds is 5. The van der Waals surface area contributed by atoms with Crippen LogP contribution >= 0.6 is 0 Å². The minimum Gasteiger partial charge on any atom is -0.478 e. The predicted octanol–water partition coefficient (Wildman–Crippen LogP) is 2.43. The quantitative estimate of drug-likeness (QED) is 0.859. The van der Waals surface area contributed by atoms with Crippen molar-refractivity contribution in [2.24, 2.45) is 7.05 Å². The maximum Gasteiger partial charge on any atom is 0.213 e. The molecule has 0 aliphatic rings. The number of hydrogen-bond donors (Lipinski definition) is 1. The summed E-state index contributed by atoms with van der Waals surface area (Å²) in [6.45, 7) is 3.39. The largest absolute Gasteiger partial charge is 0.478 e. The fourth-order valence-electron chi connectivity index (χ4n) is 1.59. The van der Waals surface area contributed by atoms with Crippen LogP contribution in [0.25, 0.3) is 0 Å². The molecule has 0 atom stereocenters. The van der Waals surface area contributed by atoms with E-state index >= 15 is 0 Å². The van der Waals surface area contributed by atoms with Gasteiger partial charge in [-0.15, -0.1) is 0 Å². The number of nitrogens with one attached hydrogen (secondary N) is 1. The third-order valence-electron chi connectivity index (χ3n) is 2.42. The van der Waals surface area contributed by atoms with E-state index < -0.39 is 0 Å². The Balaban J connectivity index is 1.90. The Morgan fingerprint density at radius 1 is 1.35 bits per heavy atom. The second-order valence-electron chi connectivity index (χ2n) is 3.86. The zero-order valence-electron chi connectivity index (χ0n) is 10.2. The minimum atomic E-state index is 0.643. The van der Waals surface area contributed by atoms with Gasteiger partial charge in [0.05, 0.1) is 18.5 Å². The first-order chi connectivity index (χ1) is 8.28. The fraction of sp³-hybridized carbons (Fsp3) is 0.308. The van der Waals surface area contributed by atoms with Gasteiger partial charge in [-0.2, -0.15) is 0 Å². The van der Waals surface area contributed by atoms with Crippen LogP contribution in [-0.4, -0.2) is 16.2 Å². The molecule has 0 aromatic carbocycles. The molecule has 0 saturated carbocycles. The van der Waals surface area contributed by atoms with E-state index in [4.69, 9.17) is 4.74 Å². The molecule has 0 bridgehead atoms. The van der Waals surface area contributed by atoms with Crippen molar-refractivity contribution in [3.05, 3.63) is 42.4 Å². The van der Waals surface area contributed by atoms with Crippen LogP contribution in [-0.2, 0) is 13.6 Å². The van der Waals surface area contributed by atoms with E-state index in [1.165, 1.54) is 5.56 Å². The molecule has 2 aromatic heterocycles. The van der Waals surface area contributed by atoms with Crippen molar-refractivity contribution in [2.45, 2.75) is 13.5 Å². The van der Waals surface area contributed by atoms with Gasteiger partial charge >= 0.3 is 0 Å². The highest BCUT2D eigenvalue weighted by Crippen LogP contribution is 2.12. The van der Waals surface area contributed by atoms with E-state index in [1.54, 1.807) is 6.20 Å². The smallest absolute Gasteiger partial charge is 0.213 e. The van der Waals surface area contributed by atoms with Crippen molar-refractivity contribution >= 4 is 5.69 Å². The van der Waals surface area contributed by atoms with Gasteiger partial charge in [0, 0.05) is 32.1 Å². The summed E-state index contributed by atoms with van der Waals surface area (Å²) < 4.78 is 7.32. The number of anilines is 1. The minimum absolute atomic E-state index is 0.643. The molecule has 0 spiro atoms. The molecular weight excluding hydrogens is 214 g/mol. The summed E-state index contributed by atoms with van der Waals surface area (Å²) in [6, 6.07) is 5.94. The highest BCUT2D eigenvalue weighted by Gasteiger charge is 1.97. The van der Waals surface area contributed by atoms with E-state index in [9.17, 15) is 0 Å². The molecule has 0 aliphatic carbocycles. The van der Waals surface area contributed by atoms with E-state index in [-0.39, 0.29) is 0 Å². The first-order valence-electron chi connectivity index (χ1n) is 5.71. The maximum absolute atomic E-state index is 5.28. The van der Waals surface area contributed by atoms with Crippen LogP contribution in [0.3, 0.4) is 0 Å². The number of ether oxygens (including phenoxy) is 1. The first-order valence-corrected chi connectivity index (χ1v) is 5.71. The molecule has 0 saturated heterocycles. The van der Waals surface area contributed by atoms with Crippen LogP contribution in [0, 0.1) is 0 Å². The van der Waals surface area contributed by atoms with Crippen molar-refractivity contribution in [3.8, 4) is 5.88 Å². The molecule has 0 fully saturated rings. The van der Waals surface area contributed by atoms with Crippen LogP contribution in [0.5, 0.6) is 5.88 Å². The van der Waals surface area contributed by atoms with Gasteiger partial charge in [-0.25, -0.2) is 4.98 Å². The number of hydrogen-bond acceptors (Lipinski definition) is 3. The summed E-state index contributed by atoms with van der Waals surface area (Å²) in [6.07, 6.45) is 5.91. The lowest BCUT2D eigenvalue weighted by Crippen LogP contribution is -2.00. The molecule has 0 aliphatic heterocycles. The van der Waals surface area contributed by atoms with Gasteiger partial charge < -0.3 is 14.6 Å². The second-order valence-corrected chi connectivity index (χ2v) is 3.86. The Morgan fingerprint density at radius 2 is 2.24 bits per heavy atom. The maximum atomic E-state index is 5.28. The van der Waals surface area contributed by atoms with Crippen molar-refractivity contribution in [3.63, 3.8) is 0 Å². The molecule has 17 heavy (non-hydrogen) atoms. The van der Waals surface area contributed by atoms with Crippen LogP contribution in [0.2, 0.25) is 0 Å². The highest BCUT2D eigenvalue weighted by molar-refractivity contribution is 5.42. The monoisotopic (exact) mass is 231 g/mol. The molecule has 2 aromatic rings. The molecule has 90 valence electrons. The Bertz CT molecular complexity index is 462. The molecule has 0 amide bonds. The zero-order valence-corrected chi connectivity index (χ0v) is 10.2. The molecule has 2 rings (SSSR count). The van der Waals surface area contributed by atoms with Gasteiger partial charge in [-0.05, 0) is 24.6 Å². The average molecular weight is 231 g/mol. The predicted molar refractivity (Wildman–Crippen MR) is 68.1 cm³/mol.